The number of rotatable bonds is 2. The zero-order valence-corrected chi connectivity index (χ0v) is 11.4. The zero-order chi connectivity index (χ0) is 12.3. The largest absolute Gasteiger partial charge is 0.256 e. The van der Waals surface area contributed by atoms with Gasteiger partial charge in [0.2, 0.25) is 0 Å². The minimum Gasteiger partial charge on any atom is -0.256 e. The second-order valence-corrected chi connectivity index (χ2v) is 7.81. The van der Waals surface area contributed by atoms with Gasteiger partial charge in [-0.05, 0) is 29.4 Å². The van der Waals surface area contributed by atoms with Crippen molar-refractivity contribution in [2.45, 2.75) is 25.9 Å². The van der Waals surface area contributed by atoms with Gasteiger partial charge in [-0.25, -0.2) is 0 Å². The lowest BCUT2D eigenvalue weighted by Gasteiger charge is -2.29. The highest BCUT2D eigenvalue weighted by molar-refractivity contribution is 7.73. The third kappa shape index (κ3) is 2.89. The average molecular weight is 244 g/mol. The monoisotopic (exact) mass is 244 g/mol. The average Bonchev–Trinajstić information content (AvgIpc) is 2.30. The van der Waals surface area contributed by atoms with E-state index in [-0.39, 0.29) is 5.16 Å². The van der Waals surface area contributed by atoms with E-state index in [1.54, 1.807) is 0 Å². The lowest BCUT2D eigenvalue weighted by Crippen LogP contribution is -2.29. The quantitative estimate of drug-likeness (QED) is 0.759. The molecule has 2 nitrogen and oxygen atoms in total. The maximum atomic E-state index is 4.51. The Hall–Kier alpha value is -1.27. The molecule has 2 heterocycles. The third-order valence-electron chi connectivity index (χ3n) is 2.43. The lowest BCUT2D eigenvalue weighted by atomic mass is 10.3. The van der Waals surface area contributed by atoms with Crippen molar-refractivity contribution in [3.63, 3.8) is 0 Å². The van der Waals surface area contributed by atoms with Gasteiger partial charge in [0.25, 0.3) is 0 Å². The standard InChI is InChI=1S/C14H17N2P/c1-14(2,3)17(12-8-4-6-10-15-12)13-9-5-7-11-16-13/h4-11H,1-3H3. The van der Waals surface area contributed by atoms with E-state index in [1.165, 1.54) is 0 Å². The van der Waals surface area contributed by atoms with Crippen LogP contribution >= 0.6 is 7.92 Å². The molecule has 2 aromatic rings. The molecule has 0 aliphatic rings. The van der Waals surface area contributed by atoms with Crippen LogP contribution in [0.2, 0.25) is 0 Å². The summed E-state index contributed by atoms with van der Waals surface area (Å²) in [6.07, 6.45) is 3.72. The predicted molar refractivity (Wildman–Crippen MR) is 74.4 cm³/mol. The van der Waals surface area contributed by atoms with E-state index in [4.69, 9.17) is 0 Å². The normalized spacial score (nSPS) is 11.8. The Labute approximate surface area is 104 Å². The Morgan fingerprint density at radius 1 is 0.824 bits per heavy atom. The van der Waals surface area contributed by atoms with E-state index in [0.29, 0.717) is 0 Å². The van der Waals surface area contributed by atoms with Crippen LogP contribution in [0, 0.1) is 0 Å². The summed E-state index contributed by atoms with van der Waals surface area (Å²) >= 11 is 0. The molecule has 2 aromatic heterocycles. The van der Waals surface area contributed by atoms with Gasteiger partial charge in [0.1, 0.15) is 0 Å². The summed E-state index contributed by atoms with van der Waals surface area (Å²) in [6, 6.07) is 12.2. The fraction of sp³-hybridized carbons (Fsp3) is 0.286. The van der Waals surface area contributed by atoms with Gasteiger partial charge in [-0.15, -0.1) is 0 Å². The predicted octanol–water partition coefficient (Wildman–Crippen LogP) is 2.71. The number of aromatic nitrogens is 2. The molecule has 3 heteroatoms. The molecule has 0 aliphatic carbocycles. The summed E-state index contributed by atoms with van der Waals surface area (Å²) in [5.41, 5.74) is 2.29. The first-order valence-corrected chi connectivity index (χ1v) is 7.05. The van der Waals surface area contributed by atoms with E-state index < -0.39 is 7.92 Å². The molecule has 0 saturated carbocycles. The van der Waals surface area contributed by atoms with Crippen molar-refractivity contribution in [3.05, 3.63) is 48.8 Å². The first-order valence-electron chi connectivity index (χ1n) is 5.71. The van der Waals surface area contributed by atoms with E-state index in [2.05, 4.69) is 42.9 Å². The van der Waals surface area contributed by atoms with Gasteiger partial charge >= 0.3 is 0 Å². The van der Waals surface area contributed by atoms with E-state index >= 15 is 0 Å². The molecule has 0 spiro atoms. The molecule has 17 heavy (non-hydrogen) atoms. The van der Waals surface area contributed by atoms with Crippen molar-refractivity contribution in [1.82, 2.24) is 9.97 Å². The van der Waals surface area contributed by atoms with Crippen molar-refractivity contribution < 1.29 is 0 Å². The maximum absolute atomic E-state index is 4.51. The molecule has 0 N–H and O–H groups in total. The highest BCUT2D eigenvalue weighted by atomic mass is 31.1. The first-order chi connectivity index (χ1) is 8.09. The molecule has 0 saturated heterocycles. The molecule has 2 rings (SSSR count). The minimum absolute atomic E-state index is 0.165. The number of hydrogen-bond acceptors (Lipinski definition) is 2. The molecule has 0 radical (unpaired) electrons. The SMILES string of the molecule is CC(C)(C)P(c1ccccn1)c1ccccn1. The van der Waals surface area contributed by atoms with Crippen LogP contribution in [0.1, 0.15) is 20.8 Å². The van der Waals surface area contributed by atoms with Gasteiger partial charge in [0.15, 0.2) is 0 Å². The summed E-state index contributed by atoms with van der Waals surface area (Å²) in [5, 5.41) is 0.165. The van der Waals surface area contributed by atoms with Crippen LogP contribution in [0.3, 0.4) is 0 Å². The summed E-state index contributed by atoms with van der Waals surface area (Å²) in [7, 11) is -0.514. The molecule has 0 bridgehead atoms. The summed E-state index contributed by atoms with van der Waals surface area (Å²) in [6.45, 7) is 6.76. The Kier molecular flexibility index (Phi) is 3.54. The molecule has 0 unspecified atom stereocenters. The van der Waals surface area contributed by atoms with Crippen LogP contribution in [0.15, 0.2) is 48.8 Å². The molecule has 0 fully saturated rings. The molecule has 0 aliphatic heterocycles. The van der Waals surface area contributed by atoms with E-state index in [1.807, 2.05) is 36.7 Å². The highest BCUT2D eigenvalue weighted by Gasteiger charge is 2.29. The maximum Gasteiger partial charge on any atom is 0.0697 e. The fourth-order valence-electron chi connectivity index (χ4n) is 1.78. The van der Waals surface area contributed by atoms with Gasteiger partial charge in [-0.1, -0.05) is 32.9 Å². The van der Waals surface area contributed by atoms with Gasteiger partial charge in [0.05, 0.1) is 10.9 Å². The minimum atomic E-state index is -0.514. The fourth-order valence-corrected chi connectivity index (χ4v) is 4.22. The second-order valence-electron chi connectivity index (χ2n) is 4.88. The molecule has 0 amide bonds. The van der Waals surface area contributed by atoms with Gasteiger partial charge in [-0.2, -0.15) is 0 Å². The van der Waals surface area contributed by atoms with Crippen LogP contribution in [0.5, 0.6) is 0 Å². The van der Waals surface area contributed by atoms with Gasteiger partial charge < -0.3 is 0 Å². The van der Waals surface area contributed by atoms with Crippen LogP contribution in [0.4, 0.5) is 0 Å². The Morgan fingerprint density at radius 2 is 1.29 bits per heavy atom. The summed E-state index contributed by atoms with van der Waals surface area (Å²) in [5.74, 6) is 0. The summed E-state index contributed by atoms with van der Waals surface area (Å²) < 4.78 is 0. The first kappa shape index (κ1) is 12.2. The van der Waals surface area contributed by atoms with Crippen molar-refractivity contribution in [3.8, 4) is 0 Å². The summed E-state index contributed by atoms with van der Waals surface area (Å²) in [4.78, 5) is 9.02. The van der Waals surface area contributed by atoms with E-state index in [9.17, 15) is 0 Å². The topological polar surface area (TPSA) is 25.8 Å². The molecule has 0 aromatic carbocycles. The number of nitrogens with zero attached hydrogens (tertiary/aromatic N) is 2. The number of pyridine rings is 2. The van der Waals surface area contributed by atoms with Gasteiger partial charge in [0, 0.05) is 20.3 Å². The van der Waals surface area contributed by atoms with Gasteiger partial charge in [-0.3, -0.25) is 9.97 Å². The lowest BCUT2D eigenvalue weighted by molar-refractivity contribution is 0.791. The molecule has 0 atom stereocenters. The van der Waals surface area contributed by atoms with E-state index in [0.717, 1.165) is 10.9 Å². The smallest absolute Gasteiger partial charge is 0.0697 e. The Morgan fingerprint density at radius 3 is 1.59 bits per heavy atom. The molecular weight excluding hydrogens is 227 g/mol. The molecule has 88 valence electrons. The Bertz CT molecular complexity index is 423. The third-order valence-corrected chi connectivity index (χ3v) is 5.21. The van der Waals surface area contributed by atoms with Crippen LogP contribution in [-0.2, 0) is 0 Å². The van der Waals surface area contributed by atoms with Crippen molar-refractivity contribution >= 4 is 18.8 Å². The molecular formula is C14H17N2P. The van der Waals surface area contributed by atoms with Crippen LogP contribution in [-0.4, -0.2) is 15.1 Å². The Balaban J connectivity index is 2.48. The van der Waals surface area contributed by atoms with Crippen molar-refractivity contribution in [1.29, 1.82) is 0 Å². The zero-order valence-electron chi connectivity index (χ0n) is 10.5. The van der Waals surface area contributed by atoms with Crippen molar-refractivity contribution in [2.75, 3.05) is 0 Å². The second kappa shape index (κ2) is 4.93. The van der Waals surface area contributed by atoms with Crippen LogP contribution in [0.25, 0.3) is 0 Å². The van der Waals surface area contributed by atoms with Crippen molar-refractivity contribution in [2.24, 2.45) is 0 Å². The number of hydrogen-bond donors (Lipinski definition) is 0. The van der Waals surface area contributed by atoms with Crippen LogP contribution < -0.4 is 10.9 Å². The highest BCUT2D eigenvalue weighted by Crippen LogP contribution is 2.45.